The van der Waals surface area contributed by atoms with Crippen molar-refractivity contribution in [2.45, 2.75) is 97.1 Å². The third-order valence-corrected chi connectivity index (χ3v) is 8.74. The molecule has 0 bridgehead atoms. The lowest BCUT2D eigenvalue weighted by molar-refractivity contribution is -0.163. The van der Waals surface area contributed by atoms with Crippen LogP contribution in [0.25, 0.3) is 0 Å². The Morgan fingerprint density at radius 1 is 1.10 bits per heavy atom. The molecule has 2 saturated heterocycles. The maximum absolute atomic E-state index is 14.8. The number of amides is 1. The molecule has 2 aliphatic heterocycles. The van der Waals surface area contributed by atoms with Crippen molar-refractivity contribution in [1.82, 2.24) is 4.90 Å². The molecule has 2 aliphatic rings. The van der Waals surface area contributed by atoms with Gasteiger partial charge in [-0.25, -0.2) is 0 Å². The molecule has 0 aliphatic carbocycles. The molecule has 0 spiro atoms. The molecule has 0 N–H and O–H groups in total. The molecule has 39 heavy (non-hydrogen) atoms. The van der Waals surface area contributed by atoms with Gasteiger partial charge in [-0.05, 0) is 88.8 Å². The Bertz CT molecular complexity index is 1220. The molecule has 2 aromatic rings. The first-order valence-corrected chi connectivity index (χ1v) is 14.6. The molecule has 0 radical (unpaired) electrons. The number of piperidine rings is 1. The molecule has 2 unspecified atom stereocenters. The number of nitrogens with zero attached hydrogens (tertiary/aromatic N) is 2. The Morgan fingerprint density at radius 3 is 2.36 bits per heavy atom. The molecule has 2 heterocycles. The number of ether oxygens (including phenoxy) is 2. The minimum absolute atomic E-state index is 0.0258. The fraction of sp³-hybridized carbons (Fsp3) is 0.562. The van der Waals surface area contributed by atoms with Crippen molar-refractivity contribution >= 4 is 29.1 Å². The van der Waals surface area contributed by atoms with E-state index in [0.717, 1.165) is 17.5 Å². The minimum atomic E-state index is -0.700. The van der Waals surface area contributed by atoms with E-state index >= 15 is 0 Å². The normalized spacial score (nSPS) is 27.8. The van der Waals surface area contributed by atoms with E-state index in [2.05, 4.69) is 30.9 Å². The third kappa shape index (κ3) is 6.63. The zero-order valence-corrected chi connectivity index (χ0v) is 25.4. The second kappa shape index (κ2) is 11.4. The van der Waals surface area contributed by atoms with Crippen molar-refractivity contribution in [3.05, 3.63) is 69.7 Å². The van der Waals surface area contributed by atoms with Gasteiger partial charge in [0.05, 0.1) is 30.2 Å². The highest BCUT2D eigenvalue weighted by molar-refractivity contribution is 6.30. The summed E-state index contributed by atoms with van der Waals surface area (Å²) in [7, 11) is 0. The Hall–Kier alpha value is -2.10. The van der Waals surface area contributed by atoms with E-state index in [4.69, 9.17) is 32.7 Å². The average molecular weight is 572 g/mol. The molecule has 2 aromatic carbocycles. The van der Waals surface area contributed by atoms with Gasteiger partial charge < -0.3 is 14.4 Å². The maximum Gasteiger partial charge on any atom is 0.229 e. The van der Waals surface area contributed by atoms with Crippen LogP contribution in [0.4, 0.5) is 0 Å². The summed E-state index contributed by atoms with van der Waals surface area (Å²) in [6.07, 6.45) is 2.31. The van der Waals surface area contributed by atoms with Gasteiger partial charge in [0.1, 0.15) is 0 Å². The van der Waals surface area contributed by atoms with Crippen molar-refractivity contribution < 1.29 is 14.3 Å². The fourth-order valence-corrected chi connectivity index (χ4v) is 6.73. The highest BCUT2D eigenvalue weighted by Gasteiger charge is 2.53. The monoisotopic (exact) mass is 570 g/mol. The van der Waals surface area contributed by atoms with Gasteiger partial charge >= 0.3 is 0 Å². The molecule has 5 nitrogen and oxygen atoms in total. The maximum atomic E-state index is 14.8. The molecule has 0 saturated carbocycles. The van der Waals surface area contributed by atoms with Gasteiger partial charge in [0.25, 0.3) is 0 Å². The molecular formula is C32H40Cl2N2O3. The van der Waals surface area contributed by atoms with Crippen LogP contribution >= 0.6 is 23.2 Å². The van der Waals surface area contributed by atoms with Crippen LogP contribution in [0.3, 0.4) is 0 Å². The van der Waals surface area contributed by atoms with Crippen LogP contribution in [0, 0.1) is 22.2 Å². The Morgan fingerprint density at radius 2 is 1.79 bits per heavy atom. The topological polar surface area (TPSA) is 62.6 Å². The standard InChI is InChI=1S/C32H40Cl2N2O3/c1-7-25(16-30(2,3)20-35)36-28(21-11-13-23(33)14-12-21)27(22-9-8-10-24(34)15-22)18-32(6,29(36)37)17-26-19-38-31(4,5)39-26/h8-15,25-28H,7,16-19H2,1-6H3/t25?,26?,27-,28-,32+/m1/s1. The number of halogens is 2. The fourth-order valence-electron chi connectivity index (χ4n) is 6.41. The van der Waals surface area contributed by atoms with Crippen LogP contribution in [0.2, 0.25) is 10.0 Å². The molecule has 7 heteroatoms. The summed E-state index contributed by atoms with van der Waals surface area (Å²) < 4.78 is 12.1. The molecule has 0 aromatic heterocycles. The Kier molecular flexibility index (Phi) is 8.74. The number of likely N-dealkylation sites (tertiary alicyclic amines) is 1. The van der Waals surface area contributed by atoms with Crippen LogP contribution in [0.15, 0.2) is 48.5 Å². The minimum Gasteiger partial charge on any atom is -0.348 e. The van der Waals surface area contributed by atoms with Gasteiger partial charge in [0.2, 0.25) is 5.91 Å². The summed E-state index contributed by atoms with van der Waals surface area (Å²) in [5.41, 5.74) is 0.824. The second-order valence-electron chi connectivity index (χ2n) is 12.6. The van der Waals surface area contributed by atoms with E-state index in [0.29, 0.717) is 35.9 Å². The Balaban J connectivity index is 1.86. The highest BCUT2D eigenvalue weighted by atomic mass is 35.5. The van der Waals surface area contributed by atoms with Crippen molar-refractivity contribution in [1.29, 1.82) is 5.26 Å². The first kappa shape index (κ1) is 29.9. The van der Waals surface area contributed by atoms with Gasteiger partial charge in [0, 0.05) is 27.4 Å². The molecule has 2 fully saturated rings. The molecule has 1 amide bonds. The lowest BCUT2D eigenvalue weighted by Crippen LogP contribution is -2.57. The first-order valence-electron chi connectivity index (χ1n) is 13.8. The van der Waals surface area contributed by atoms with Crippen molar-refractivity contribution in [3.8, 4) is 6.07 Å². The number of hydrogen-bond donors (Lipinski definition) is 0. The number of hydrogen-bond acceptors (Lipinski definition) is 4. The van der Waals surface area contributed by atoms with Gasteiger partial charge in [-0.15, -0.1) is 0 Å². The van der Waals surface area contributed by atoms with E-state index in [1.165, 1.54) is 0 Å². The number of benzene rings is 2. The third-order valence-electron chi connectivity index (χ3n) is 8.25. The predicted octanol–water partition coefficient (Wildman–Crippen LogP) is 8.32. The number of rotatable bonds is 8. The number of carbonyl (C=O) groups excluding carboxylic acids is 1. The summed E-state index contributed by atoms with van der Waals surface area (Å²) in [6.45, 7) is 12.3. The first-order chi connectivity index (χ1) is 18.3. The van der Waals surface area contributed by atoms with Crippen molar-refractivity contribution in [2.24, 2.45) is 10.8 Å². The second-order valence-corrected chi connectivity index (χ2v) is 13.4. The lowest BCUT2D eigenvalue weighted by atomic mass is 9.66. The lowest BCUT2D eigenvalue weighted by Gasteiger charge is -2.53. The van der Waals surface area contributed by atoms with E-state index in [1.54, 1.807) is 0 Å². The molecular weight excluding hydrogens is 531 g/mol. The largest absolute Gasteiger partial charge is 0.348 e. The quantitative estimate of drug-likeness (QED) is 0.320. The van der Waals surface area contributed by atoms with E-state index < -0.39 is 16.6 Å². The van der Waals surface area contributed by atoms with Gasteiger partial charge in [-0.1, -0.05) is 61.3 Å². The molecule has 4 rings (SSSR count). The zero-order valence-electron chi connectivity index (χ0n) is 23.8. The van der Waals surface area contributed by atoms with Gasteiger partial charge in [0.15, 0.2) is 5.79 Å². The van der Waals surface area contributed by atoms with Crippen LogP contribution in [0.1, 0.15) is 90.3 Å². The Labute approximate surface area is 243 Å². The summed E-state index contributed by atoms with van der Waals surface area (Å²) in [5.74, 6) is -0.601. The summed E-state index contributed by atoms with van der Waals surface area (Å²) in [4.78, 5) is 16.8. The SMILES string of the molecule is CCC(CC(C)(C)C#N)N1C(=O)[C@@](C)(CC2COC(C)(C)O2)C[C@H](c2cccc(Cl)c2)[C@H]1c1ccc(Cl)cc1. The zero-order chi connectivity index (χ0) is 28.6. The van der Waals surface area contributed by atoms with E-state index in [-0.39, 0.29) is 30.0 Å². The highest BCUT2D eigenvalue weighted by Crippen LogP contribution is 2.53. The van der Waals surface area contributed by atoms with Gasteiger partial charge in [-0.3, -0.25) is 4.79 Å². The number of carbonyl (C=O) groups is 1. The molecule has 5 atom stereocenters. The summed E-state index contributed by atoms with van der Waals surface area (Å²) >= 11 is 12.8. The molecule has 210 valence electrons. The van der Waals surface area contributed by atoms with E-state index in [1.807, 2.05) is 70.2 Å². The number of nitriles is 1. The summed E-state index contributed by atoms with van der Waals surface area (Å²) in [5, 5.41) is 11.2. The van der Waals surface area contributed by atoms with Gasteiger partial charge in [-0.2, -0.15) is 5.26 Å². The van der Waals surface area contributed by atoms with Crippen LogP contribution in [-0.2, 0) is 14.3 Å². The van der Waals surface area contributed by atoms with Crippen molar-refractivity contribution in [3.63, 3.8) is 0 Å². The average Bonchev–Trinajstić information content (AvgIpc) is 3.22. The predicted molar refractivity (Wildman–Crippen MR) is 156 cm³/mol. The summed E-state index contributed by atoms with van der Waals surface area (Å²) in [6, 6.07) is 17.9. The smallest absolute Gasteiger partial charge is 0.229 e. The van der Waals surface area contributed by atoms with Crippen LogP contribution in [0.5, 0.6) is 0 Å². The van der Waals surface area contributed by atoms with E-state index in [9.17, 15) is 10.1 Å². The van der Waals surface area contributed by atoms with Crippen molar-refractivity contribution in [2.75, 3.05) is 6.61 Å². The van der Waals surface area contributed by atoms with Crippen LogP contribution in [-0.4, -0.2) is 35.3 Å². The van der Waals surface area contributed by atoms with Crippen LogP contribution < -0.4 is 0 Å².